The first-order valence-corrected chi connectivity index (χ1v) is 22.8. The Labute approximate surface area is 309 Å². The van der Waals surface area contributed by atoms with E-state index < -0.39 is 8.07 Å². The van der Waals surface area contributed by atoms with Gasteiger partial charge in [0, 0.05) is 24.8 Å². The average molecular weight is 695 g/mol. The number of likely N-dealkylation sites (N-methyl/N-ethyl adjacent to an activating group) is 1. The number of fused-ring (bicyclic) bond motifs is 3. The van der Waals surface area contributed by atoms with E-state index in [1.54, 1.807) is 10.8 Å². The van der Waals surface area contributed by atoms with Crippen molar-refractivity contribution in [3.8, 4) is 11.3 Å². The normalized spacial score (nSPS) is 18.0. The largest absolute Gasteiger partial charge is 0.379 e. The first-order chi connectivity index (χ1) is 24.5. The number of pyridine rings is 1. The van der Waals surface area contributed by atoms with Gasteiger partial charge in [0.1, 0.15) is 0 Å². The van der Waals surface area contributed by atoms with Crippen LogP contribution in [0.15, 0.2) is 122 Å². The molecule has 1 aliphatic carbocycles. The van der Waals surface area contributed by atoms with Crippen LogP contribution in [-0.4, -0.2) is 21.2 Å². The van der Waals surface area contributed by atoms with Crippen molar-refractivity contribution in [1.82, 2.24) is 0 Å². The quantitative estimate of drug-likeness (QED) is 0.0650. The molecule has 0 saturated heterocycles. The Bertz CT molecular complexity index is 1880. The number of hydrogen-bond acceptors (Lipinski definition) is 2. The van der Waals surface area contributed by atoms with E-state index in [0.717, 1.165) is 23.7 Å². The molecule has 51 heavy (non-hydrogen) atoms. The first kappa shape index (κ1) is 36.6. The number of para-hydroxylation sites is 2. The summed E-state index contributed by atoms with van der Waals surface area (Å²) >= 11 is 0. The lowest BCUT2D eigenvalue weighted by molar-refractivity contribution is -0.706. The molecular formula is C47H60N3Si+. The number of anilines is 2. The maximum absolute atomic E-state index is 4.79. The summed E-state index contributed by atoms with van der Waals surface area (Å²) in [5.41, 5.74) is 11.7. The molecule has 3 atom stereocenters. The van der Waals surface area contributed by atoms with Crippen molar-refractivity contribution >= 4 is 24.6 Å². The van der Waals surface area contributed by atoms with Crippen molar-refractivity contribution in [3.63, 3.8) is 0 Å². The van der Waals surface area contributed by atoms with Crippen molar-refractivity contribution in [2.75, 3.05) is 17.3 Å². The Hall–Kier alpha value is -4.15. The van der Waals surface area contributed by atoms with Crippen LogP contribution in [0.5, 0.6) is 0 Å². The third-order valence-corrected chi connectivity index (χ3v) is 13.5. The third-order valence-electron chi connectivity index (χ3n) is 11.4. The molecule has 2 heterocycles. The molecule has 2 aliphatic rings. The molecule has 4 aromatic rings. The van der Waals surface area contributed by atoms with Crippen molar-refractivity contribution in [2.24, 2.45) is 5.92 Å². The summed E-state index contributed by atoms with van der Waals surface area (Å²) in [4.78, 5) is 2.47. The van der Waals surface area contributed by atoms with Gasteiger partial charge in [0.05, 0.1) is 37.0 Å². The van der Waals surface area contributed by atoms with E-state index in [1.807, 2.05) is 0 Å². The van der Waals surface area contributed by atoms with Crippen LogP contribution in [0, 0.1) is 5.92 Å². The highest BCUT2D eigenvalue weighted by Gasteiger charge is 2.46. The van der Waals surface area contributed by atoms with Gasteiger partial charge in [0.15, 0.2) is 12.2 Å². The number of aromatic nitrogens is 1. The van der Waals surface area contributed by atoms with Crippen LogP contribution in [0.25, 0.3) is 11.3 Å². The Kier molecular flexibility index (Phi) is 11.2. The maximum atomic E-state index is 4.79. The fourth-order valence-electron chi connectivity index (χ4n) is 8.77. The van der Waals surface area contributed by atoms with Crippen LogP contribution in [0.4, 0.5) is 11.4 Å². The highest BCUT2D eigenvalue weighted by molar-refractivity contribution is 6.89. The van der Waals surface area contributed by atoms with E-state index in [9.17, 15) is 0 Å². The monoisotopic (exact) mass is 694 g/mol. The average Bonchev–Trinajstić information content (AvgIpc) is 3.63. The van der Waals surface area contributed by atoms with E-state index >= 15 is 0 Å². The predicted molar refractivity (Wildman–Crippen MR) is 223 cm³/mol. The lowest BCUT2D eigenvalue weighted by Crippen LogP contribution is -2.56. The fourth-order valence-corrected chi connectivity index (χ4v) is 10.4. The molecule has 0 bridgehead atoms. The molecule has 1 saturated carbocycles. The topological polar surface area (TPSA) is 19.1 Å². The molecule has 3 unspecified atom stereocenters. The predicted octanol–water partition coefficient (Wildman–Crippen LogP) is 11.1. The molecule has 1 N–H and O–H groups in total. The van der Waals surface area contributed by atoms with Crippen LogP contribution in [0.2, 0.25) is 19.6 Å². The summed E-state index contributed by atoms with van der Waals surface area (Å²) in [6, 6.07) is 29.3. The van der Waals surface area contributed by atoms with E-state index in [-0.39, 0.29) is 18.0 Å². The minimum absolute atomic E-state index is 0.0285. The Morgan fingerprint density at radius 1 is 0.980 bits per heavy atom. The summed E-state index contributed by atoms with van der Waals surface area (Å²) in [7, 11) is 0.585. The molecule has 1 aliphatic heterocycles. The summed E-state index contributed by atoms with van der Waals surface area (Å²) in [5, 5.41) is 5.37. The lowest BCUT2D eigenvalue weighted by atomic mass is 9.74. The second-order valence-electron chi connectivity index (χ2n) is 16.3. The minimum atomic E-state index is -1.67. The molecule has 4 heteroatoms. The van der Waals surface area contributed by atoms with Crippen LogP contribution >= 0.6 is 0 Å². The number of hydrogen-bond donors (Lipinski definition) is 1. The Morgan fingerprint density at radius 3 is 2.35 bits per heavy atom. The zero-order valence-corrected chi connectivity index (χ0v) is 33.3. The van der Waals surface area contributed by atoms with Crippen LogP contribution in [0.3, 0.4) is 0 Å². The van der Waals surface area contributed by atoms with E-state index in [2.05, 4.69) is 172 Å². The second-order valence-corrected chi connectivity index (χ2v) is 21.4. The van der Waals surface area contributed by atoms with Gasteiger partial charge >= 0.3 is 0 Å². The Morgan fingerprint density at radius 2 is 1.69 bits per heavy atom. The molecule has 0 amide bonds. The van der Waals surface area contributed by atoms with Crippen molar-refractivity contribution < 1.29 is 4.57 Å². The number of nitrogens with one attached hydrogen (secondary N) is 1. The van der Waals surface area contributed by atoms with Gasteiger partial charge in [-0.3, -0.25) is 0 Å². The van der Waals surface area contributed by atoms with Crippen LogP contribution in [0.1, 0.15) is 86.6 Å². The SMILES string of the molecule is C=CC1C(C(C(=C)/C=C\C)N(C)c2ccccc2NCc2ccccc2)c2cc(C(C)C)ccc2-c2cc(CC3CCCC3)c([Si](C)(C)C)c[n+]21. The molecular weight excluding hydrogens is 635 g/mol. The molecule has 6 rings (SSSR count). The highest BCUT2D eigenvalue weighted by atomic mass is 28.3. The van der Waals surface area contributed by atoms with Gasteiger partial charge in [0.2, 0.25) is 5.69 Å². The molecule has 3 aromatic carbocycles. The third kappa shape index (κ3) is 7.72. The molecule has 1 aromatic heterocycles. The van der Waals surface area contributed by atoms with Crippen LogP contribution < -0.4 is 20.0 Å². The molecule has 0 radical (unpaired) electrons. The van der Waals surface area contributed by atoms with Gasteiger partial charge in [-0.15, -0.1) is 0 Å². The van der Waals surface area contributed by atoms with Crippen molar-refractivity contribution in [2.45, 2.75) is 103 Å². The van der Waals surface area contributed by atoms with E-state index in [0.29, 0.717) is 5.92 Å². The number of rotatable bonds is 13. The molecule has 1 fully saturated rings. The lowest BCUT2D eigenvalue weighted by Gasteiger charge is -2.41. The number of nitrogens with zero attached hydrogens (tertiary/aromatic N) is 2. The van der Waals surface area contributed by atoms with Crippen molar-refractivity contribution in [3.05, 3.63) is 144 Å². The summed E-state index contributed by atoms with van der Waals surface area (Å²) < 4.78 is 2.60. The first-order valence-electron chi connectivity index (χ1n) is 19.3. The van der Waals surface area contributed by atoms with Crippen molar-refractivity contribution in [1.29, 1.82) is 0 Å². The van der Waals surface area contributed by atoms with Gasteiger partial charge in [0.25, 0.3) is 0 Å². The van der Waals surface area contributed by atoms with Gasteiger partial charge in [-0.1, -0.05) is 139 Å². The molecule has 3 nitrogen and oxygen atoms in total. The van der Waals surface area contributed by atoms with Crippen LogP contribution in [-0.2, 0) is 13.0 Å². The second kappa shape index (κ2) is 15.6. The minimum Gasteiger partial charge on any atom is -0.379 e. The zero-order chi connectivity index (χ0) is 36.3. The van der Waals surface area contributed by atoms with E-state index in [1.165, 1.54) is 65.7 Å². The summed E-state index contributed by atoms with van der Waals surface area (Å²) in [6.45, 7) is 24.4. The van der Waals surface area contributed by atoms with Gasteiger partial charge in [-0.05, 0) is 77.3 Å². The number of benzene rings is 3. The fraction of sp³-hybridized carbons (Fsp3) is 0.383. The molecule has 0 spiro atoms. The van der Waals surface area contributed by atoms with E-state index in [4.69, 9.17) is 6.58 Å². The zero-order valence-electron chi connectivity index (χ0n) is 32.3. The maximum Gasteiger partial charge on any atom is 0.213 e. The summed E-state index contributed by atoms with van der Waals surface area (Å²) in [5.74, 6) is 1.31. The Balaban J connectivity index is 1.53. The molecule has 266 valence electrons. The summed E-state index contributed by atoms with van der Waals surface area (Å²) in [6.07, 6.45) is 15.8. The van der Waals surface area contributed by atoms with Gasteiger partial charge in [-0.25, -0.2) is 0 Å². The van der Waals surface area contributed by atoms with Gasteiger partial charge < -0.3 is 10.2 Å². The standard InChI is InChI=1S/C47H60N3Si/c1-10-19-34(5)47(49(6)43-25-18-17-24-41(43)48-31-36-22-13-12-14-23-36)46-40-29-37(33(3)4)26-27-39(40)44-30-38(28-35-20-15-16-21-35)45(51(7,8)9)32-50(44)42(46)11-2/h10-14,17-19,22-27,29-30,32-33,35,42,46-48H,2,5,15-16,20-21,28,31H2,1,3-4,6-9H3/q+1/b19-10-. The smallest absolute Gasteiger partial charge is 0.213 e. The van der Waals surface area contributed by atoms with Gasteiger partial charge in [-0.2, -0.15) is 4.57 Å². The highest BCUT2D eigenvalue weighted by Crippen LogP contribution is 2.46. The number of allylic oxidation sites excluding steroid dienone is 2.